The van der Waals surface area contributed by atoms with Crippen LogP contribution in [-0.2, 0) is 0 Å². The smallest absolute Gasteiger partial charge is 0.288 e. The summed E-state index contributed by atoms with van der Waals surface area (Å²) in [6.45, 7) is 0. The average Bonchev–Trinajstić information content (AvgIpc) is 2.83. The summed E-state index contributed by atoms with van der Waals surface area (Å²) in [5.74, 6) is -0.161. The van der Waals surface area contributed by atoms with E-state index in [2.05, 4.69) is 15.2 Å². The van der Waals surface area contributed by atoms with Crippen molar-refractivity contribution in [1.29, 1.82) is 0 Å². The Morgan fingerprint density at radius 2 is 2.32 bits per heavy atom. The number of rotatable bonds is 3. The summed E-state index contributed by atoms with van der Waals surface area (Å²) < 4.78 is 1.26. The van der Waals surface area contributed by atoms with Crippen LogP contribution in [0.2, 0.25) is 5.02 Å². The zero-order valence-electron chi connectivity index (χ0n) is 9.26. The minimum atomic E-state index is -0.638. The van der Waals surface area contributed by atoms with Crippen molar-refractivity contribution in [2.75, 3.05) is 0 Å². The quantitative estimate of drug-likeness (QED) is 0.283. The van der Waals surface area contributed by atoms with Gasteiger partial charge < -0.3 is 10.9 Å². The van der Waals surface area contributed by atoms with E-state index in [9.17, 15) is 10.1 Å². The normalized spacial score (nSPS) is 11.5. The van der Waals surface area contributed by atoms with Gasteiger partial charge in [-0.05, 0) is 0 Å². The first-order valence-corrected chi connectivity index (χ1v) is 5.23. The third-order valence-electron chi connectivity index (χ3n) is 2.21. The maximum atomic E-state index is 10.7. The molecule has 9 nitrogen and oxygen atoms in total. The predicted octanol–water partition coefficient (Wildman–Crippen LogP) is 0.923. The molecule has 0 atom stereocenters. The first-order valence-electron chi connectivity index (χ1n) is 4.86. The molecule has 98 valence electrons. The number of nitrogens with zero attached hydrogens (tertiary/aromatic N) is 5. The number of aromatic nitrogens is 3. The number of oxime groups is 1. The van der Waals surface area contributed by atoms with Crippen molar-refractivity contribution in [2.24, 2.45) is 10.9 Å². The molecule has 0 amide bonds. The molecule has 0 aliphatic heterocycles. The van der Waals surface area contributed by atoms with E-state index in [0.717, 1.165) is 12.3 Å². The molecule has 0 spiro atoms. The summed E-state index contributed by atoms with van der Waals surface area (Å²) in [7, 11) is 0. The molecule has 0 saturated carbocycles. The number of pyridine rings is 1. The van der Waals surface area contributed by atoms with Gasteiger partial charge >= 0.3 is 0 Å². The lowest BCUT2D eigenvalue weighted by molar-refractivity contribution is -0.385. The molecule has 0 aromatic carbocycles. The van der Waals surface area contributed by atoms with Gasteiger partial charge in [0.2, 0.25) is 0 Å². The highest BCUT2D eigenvalue weighted by molar-refractivity contribution is 6.30. The lowest BCUT2D eigenvalue weighted by Crippen LogP contribution is -2.18. The maximum absolute atomic E-state index is 10.7. The highest BCUT2D eigenvalue weighted by atomic mass is 35.5. The number of nitrogens with two attached hydrogens (primary N) is 1. The van der Waals surface area contributed by atoms with Gasteiger partial charge in [0.1, 0.15) is 6.20 Å². The predicted molar refractivity (Wildman–Crippen MR) is 65.5 cm³/mol. The Bertz CT molecular complexity index is 668. The first kappa shape index (κ1) is 12.8. The molecule has 19 heavy (non-hydrogen) atoms. The van der Waals surface area contributed by atoms with Crippen LogP contribution < -0.4 is 5.73 Å². The van der Waals surface area contributed by atoms with Crippen LogP contribution in [-0.4, -0.2) is 30.7 Å². The number of hydrogen-bond acceptors (Lipinski definition) is 6. The summed E-state index contributed by atoms with van der Waals surface area (Å²) in [6, 6.07) is 1.13. The third-order valence-corrected chi connectivity index (χ3v) is 2.41. The van der Waals surface area contributed by atoms with Gasteiger partial charge in [-0.2, -0.15) is 5.10 Å². The standard InChI is InChI=1S/C9H7ClN6O3/c10-5-2-13-15(4-5)9-7(8(11)14-17)1-6(3-12-9)16(18)19/h1-4,17H,(H2,11,14). The Morgan fingerprint density at radius 3 is 2.84 bits per heavy atom. The second-order valence-electron chi connectivity index (χ2n) is 3.41. The number of halogens is 1. The average molecular weight is 283 g/mol. The van der Waals surface area contributed by atoms with Crippen molar-refractivity contribution in [3.05, 3.63) is 45.4 Å². The van der Waals surface area contributed by atoms with Crippen LogP contribution in [0.15, 0.2) is 29.8 Å². The molecule has 0 radical (unpaired) electrons. The van der Waals surface area contributed by atoms with E-state index >= 15 is 0 Å². The van der Waals surface area contributed by atoms with E-state index in [1.165, 1.54) is 17.1 Å². The van der Waals surface area contributed by atoms with Crippen LogP contribution in [0.4, 0.5) is 5.69 Å². The highest BCUT2D eigenvalue weighted by Crippen LogP contribution is 2.19. The molecule has 0 bridgehead atoms. The summed E-state index contributed by atoms with van der Waals surface area (Å²) in [4.78, 5) is 13.9. The van der Waals surface area contributed by atoms with Crippen LogP contribution in [0, 0.1) is 10.1 Å². The second-order valence-corrected chi connectivity index (χ2v) is 3.85. The minimum Gasteiger partial charge on any atom is -0.409 e. The lowest BCUT2D eigenvalue weighted by Gasteiger charge is -2.06. The van der Waals surface area contributed by atoms with E-state index in [-0.39, 0.29) is 22.9 Å². The molecule has 2 heterocycles. The Balaban J connectivity index is 2.63. The zero-order chi connectivity index (χ0) is 14.0. The SMILES string of the molecule is NC(=NO)c1cc([N+](=O)[O-])cnc1-n1cc(Cl)cn1. The molecule has 10 heteroatoms. The summed E-state index contributed by atoms with van der Waals surface area (Å²) in [6.07, 6.45) is 3.84. The van der Waals surface area contributed by atoms with Crippen LogP contribution in [0.5, 0.6) is 0 Å². The largest absolute Gasteiger partial charge is 0.409 e. The monoisotopic (exact) mass is 282 g/mol. The molecule has 2 aromatic heterocycles. The van der Waals surface area contributed by atoms with Crippen molar-refractivity contribution < 1.29 is 10.1 Å². The van der Waals surface area contributed by atoms with Gasteiger partial charge in [0.25, 0.3) is 5.69 Å². The van der Waals surface area contributed by atoms with E-state index in [1.807, 2.05) is 0 Å². The third kappa shape index (κ3) is 2.45. The van der Waals surface area contributed by atoms with Gasteiger partial charge in [0.05, 0.1) is 27.9 Å². The lowest BCUT2D eigenvalue weighted by atomic mass is 10.2. The Labute approximate surface area is 111 Å². The van der Waals surface area contributed by atoms with Crippen molar-refractivity contribution in [1.82, 2.24) is 14.8 Å². The Hall–Kier alpha value is -2.68. The minimum absolute atomic E-state index is 0.0662. The van der Waals surface area contributed by atoms with E-state index in [0.29, 0.717) is 5.02 Å². The first-order chi connectivity index (χ1) is 9.02. The van der Waals surface area contributed by atoms with E-state index in [4.69, 9.17) is 22.5 Å². The van der Waals surface area contributed by atoms with Gasteiger partial charge in [0, 0.05) is 6.07 Å². The fourth-order valence-electron chi connectivity index (χ4n) is 1.39. The molecular formula is C9H7ClN6O3. The van der Waals surface area contributed by atoms with Crippen LogP contribution in [0.1, 0.15) is 5.56 Å². The Morgan fingerprint density at radius 1 is 1.58 bits per heavy atom. The van der Waals surface area contributed by atoms with Crippen LogP contribution >= 0.6 is 11.6 Å². The van der Waals surface area contributed by atoms with Crippen LogP contribution in [0.25, 0.3) is 5.82 Å². The number of amidine groups is 1. The molecule has 0 aliphatic rings. The van der Waals surface area contributed by atoms with Gasteiger partial charge in [-0.3, -0.25) is 10.1 Å². The summed E-state index contributed by atoms with van der Waals surface area (Å²) in [5.41, 5.74) is 5.25. The van der Waals surface area contributed by atoms with Crippen molar-refractivity contribution in [3.8, 4) is 5.82 Å². The van der Waals surface area contributed by atoms with Crippen molar-refractivity contribution >= 4 is 23.1 Å². The summed E-state index contributed by atoms with van der Waals surface area (Å²) >= 11 is 5.73. The molecule has 2 rings (SSSR count). The molecule has 2 aromatic rings. The number of hydrogen-bond donors (Lipinski definition) is 2. The maximum Gasteiger partial charge on any atom is 0.288 e. The fraction of sp³-hybridized carbons (Fsp3) is 0. The summed E-state index contributed by atoms with van der Waals surface area (Å²) in [5, 5.41) is 26.5. The van der Waals surface area contributed by atoms with E-state index < -0.39 is 4.92 Å². The molecule has 3 N–H and O–H groups in total. The van der Waals surface area contributed by atoms with Gasteiger partial charge in [-0.1, -0.05) is 16.8 Å². The van der Waals surface area contributed by atoms with Crippen molar-refractivity contribution in [2.45, 2.75) is 0 Å². The Kier molecular flexibility index (Phi) is 3.29. The van der Waals surface area contributed by atoms with Gasteiger partial charge in [-0.25, -0.2) is 9.67 Å². The zero-order valence-corrected chi connectivity index (χ0v) is 10.0. The molecule has 0 fully saturated rings. The molecule has 0 unspecified atom stereocenters. The molecular weight excluding hydrogens is 276 g/mol. The van der Waals surface area contributed by atoms with E-state index in [1.54, 1.807) is 0 Å². The van der Waals surface area contributed by atoms with Gasteiger partial charge in [-0.15, -0.1) is 0 Å². The number of nitro groups is 1. The highest BCUT2D eigenvalue weighted by Gasteiger charge is 2.17. The van der Waals surface area contributed by atoms with Crippen molar-refractivity contribution in [3.63, 3.8) is 0 Å². The topological polar surface area (TPSA) is 132 Å². The molecule has 0 saturated heterocycles. The fourth-order valence-corrected chi connectivity index (χ4v) is 1.52. The van der Waals surface area contributed by atoms with Gasteiger partial charge in [0.15, 0.2) is 11.7 Å². The second kappa shape index (κ2) is 4.90. The van der Waals surface area contributed by atoms with Crippen LogP contribution in [0.3, 0.4) is 0 Å². The molecule has 0 aliphatic carbocycles.